The molecular weight excluding hydrogens is 270 g/mol. The summed E-state index contributed by atoms with van der Waals surface area (Å²) in [6.07, 6.45) is 3.51. The molecule has 0 spiro atoms. The standard InChI is InChI=1S/C15H27N3O3/c1-11(10-16-2)14(19)17-8-5-12(6-9-17)18-7-3-4-13(18)15(20)21/h11-13,16H,3-10H2,1-2H3,(H,20,21). The molecule has 0 saturated carbocycles. The maximum Gasteiger partial charge on any atom is 0.320 e. The van der Waals surface area contributed by atoms with Gasteiger partial charge in [-0.3, -0.25) is 14.5 Å². The molecule has 0 radical (unpaired) electrons. The Labute approximate surface area is 126 Å². The maximum atomic E-state index is 12.3. The SMILES string of the molecule is CNCC(C)C(=O)N1CCC(N2CCCC2C(=O)O)CC1. The molecule has 2 unspecified atom stereocenters. The number of rotatable bonds is 5. The van der Waals surface area contributed by atoms with Crippen molar-refractivity contribution in [2.24, 2.45) is 5.92 Å². The summed E-state index contributed by atoms with van der Waals surface area (Å²) >= 11 is 0. The molecule has 0 aromatic heterocycles. The quantitative estimate of drug-likeness (QED) is 0.767. The van der Waals surface area contributed by atoms with Crippen LogP contribution in [-0.2, 0) is 9.59 Å². The Morgan fingerprint density at radius 3 is 2.48 bits per heavy atom. The summed E-state index contributed by atoms with van der Waals surface area (Å²) in [5.41, 5.74) is 0. The fourth-order valence-corrected chi connectivity index (χ4v) is 3.61. The number of piperidine rings is 1. The van der Waals surface area contributed by atoms with E-state index in [4.69, 9.17) is 0 Å². The molecular formula is C15H27N3O3. The van der Waals surface area contributed by atoms with Gasteiger partial charge in [-0.2, -0.15) is 0 Å². The Balaban J connectivity index is 1.85. The van der Waals surface area contributed by atoms with E-state index in [1.165, 1.54) is 0 Å². The monoisotopic (exact) mass is 297 g/mol. The molecule has 0 bridgehead atoms. The highest BCUT2D eigenvalue weighted by atomic mass is 16.4. The number of carbonyl (C=O) groups is 2. The average Bonchev–Trinajstić information content (AvgIpc) is 2.96. The molecule has 2 atom stereocenters. The minimum atomic E-state index is -0.700. The Kier molecular flexibility index (Phi) is 5.58. The highest BCUT2D eigenvalue weighted by Gasteiger charge is 2.37. The first-order chi connectivity index (χ1) is 10.0. The summed E-state index contributed by atoms with van der Waals surface area (Å²) in [5.74, 6) is -0.488. The highest BCUT2D eigenvalue weighted by Crippen LogP contribution is 2.26. The first kappa shape index (κ1) is 16.2. The molecule has 6 heteroatoms. The molecule has 0 aliphatic carbocycles. The number of nitrogens with zero attached hydrogens (tertiary/aromatic N) is 2. The van der Waals surface area contributed by atoms with Crippen LogP contribution in [0.3, 0.4) is 0 Å². The Morgan fingerprint density at radius 1 is 1.24 bits per heavy atom. The summed E-state index contributed by atoms with van der Waals surface area (Å²) in [5, 5.41) is 12.3. The zero-order valence-corrected chi connectivity index (χ0v) is 13.0. The van der Waals surface area contributed by atoms with Crippen LogP contribution in [0.1, 0.15) is 32.6 Å². The van der Waals surface area contributed by atoms with E-state index in [-0.39, 0.29) is 17.9 Å². The first-order valence-corrected chi connectivity index (χ1v) is 7.96. The smallest absolute Gasteiger partial charge is 0.320 e. The van der Waals surface area contributed by atoms with Gasteiger partial charge in [-0.15, -0.1) is 0 Å². The molecule has 2 fully saturated rings. The van der Waals surface area contributed by atoms with Crippen molar-refractivity contribution in [2.45, 2.75) is 44.7 Å². The summed E-state index contributed by atoms with van der Waals surface area (Å²) in [6.45, 7) is 5.03. The van der Waals surface area contributed by atoms with Crippen LogP contribution in [0.15, 0.2) is 0 Å². The van der Waals surface area contributed by atoms with Crippen molar-refractivity contribution in [1.29, 1.82) is 0 Å². The number of nitrogens with one attached hydrogen (secondary N) is 1. The number of carboxylic acids is 1. The normalized spacial score (nSPS) is 26.0. The predicted octanol–water partition coefficient (Wildman–Crippen LogP) is 0.382. The van der Waals surface area contributed by atoms with Crippen LogP contribution in [0, 0.1) is 5.92 Å². The lowest BCUT2D eigenvalue weighted by Gasteiger charge is -2.39. The number of aliphatic carboxylic acids is 1. The van der Waals surface area contributed by atoms with Gasteiger partial charge in [0.1, 0.15) is 6.04 Å². The molecule has 2 N–H and O–H groups in total. The number of hydrogen-bond donors (Lipinski definition) is 2. The van der Waals surface area contributed by atoms with Gasteiger partial charge in [0.25, 0.3) is 0 Å². The fraction of sp³-hybridized carbons (Fsp3) is 0.867. The highest BCUT2D eigenvalue weighted by molar-refractivity contribution is 5.78. The largest absolute Gasteiger partial charge is 0.480 e. The van der Waals surface area contributed by atoms with Crippen LogP contribution in [0.2, 0.25) is 0 Å². The fourth-order valence-electron chi connectivity index (χ4n) is 3.61. The lowest BCUT2D eigenvalue weighted by atomic mass is 10.0. The maximum absolute atomic E-state index is 12.3. The van der Waals surface area contributed by atoms with E-state index in [1.54, 1.807) is 0 Å². The van der Waals surface area contributed by atoms with Gasteiger partial charge in [0.15, 0.2) is 0 Å². The van der Waals surface area contributed by atoms with Crippen LogP contribution in [0.5, 0.6) is 0 Å². The number of likely N-dealkylation sites (tertiary alicyclic amines) is 2. The van der Waals surface area contributed by atoms with Gasteiger partial charge >= 0.3 is 5.97 Å². The van der Waals surface area contributed by atoms with E-state index >= 15 is 0 Å². The van der Waals surface area contributed by atoms with E-state index in [0.29, 0.717) is 12.6 Å². The van der Waals surface area contributed by atoms with Gasteiger partial charge in [-0.1, -0.05) is 6.92 Å². The molecule has 2 aliphatic rings. The van der Waals surface area contributed by atoms with Gasteiger partial charge in [-0.25, -0.2) is 0 Å². The molecule has 6 nitrogen and oxygen atoms in total. The lowest BCUT2D eigenvalue weighted by molar-refractivity contribution is -0.144. The Hall–Kier alpha value is -1.14. The molecule has 120 valence electrons. The third-order valence-electron chi connectivity index (χ3n) is 4.76. The molecule has 1 amide bonds. The second-order valence-corrected chi connectivity index (χ2v) is 6.25. The van der Waals surface area contributed by atoms with Gasteiger partial charge in [0.05, 0.1) is 0 Å². The lowest BCUT2D eigenvalue weighted by Crippen LogP contribution is -2.51. The van der Waals surface area contributed by atoms with E-state index in [9.17, 15) is 14.7 Å². The van der Waals surface area contributed by atoms with E-state index < -0.39 is 5.97 Å². The Bertz CT molecular complexity index is 380. The van der Waals surface area contributed by atoms with Crippen LogP contribution in [0.4, 0.5) is 0 Å². The van der Waals surface area contributed by atoms with Crippen LogP contribution < -0.4 is 5.32 Å². The zero-order valence-electron chi connectivity index (χ0n) is 13.0. The number of amides is 1. The summed E-state index contributed by atoms with van der Waals surface area (Å²) in [4.78, 5) is 27.6. The number of carbonyl (C=O) groups excluding carboxylic acids is 1. The van der Waals surface area contributed by atoms with Crippen molar-refractivity contribution in [3.63, 3.8) is 0 Å². The van der Waals surface area contributed by atoms with Crippen molar-refractivity contribution in [2.75, 3.05) is 33.2 Å². The van der Waals surface area contributed by atoms with E-state index in [2.05, 4.69) is 10.2 Å². The summed E-state index contributed by atoms with van der Waals surface area (Å²) in [7, 11) is 1.86. The second-order valence-electron chi connectivity index (χ2n) is 6.25. The van der Waals surface area contributed by atoms with Gasteiger partial charge in [0, 0.05) is 31.6 Å². The average molecular weight is 297 g/mol. The van der Waals surface area contributed by atoms with Crippen molar-refractivity contribution in [3.05, 3.63) is 0 Å². The van der Waals surface area contributed by atoms with Crippen molar-refractivity contribution >= 4 is 11.9 Å². The first-order valence-electron chi connectivity index (χ1n) is 7.96. The van der Waals surface area contributed by atoms with Crippen molar-refractivity contribution in [3.8, 4) is 0 Å². The van der Waals surface area contributed by atoms with Crippen LogP contribution in [0.25, 0.3) is 0 Å². The third-order valence-corrected chi connectivity index (χ3v) is 4.76. The molecule has 2 heterocycles. The van der Waals surface area contributed by atoms with E-state index in [0.717, 1.165) is 45.3 Å². The molecule has 0 aromatic carbocycles. The minimum absolute atomic E-state index is 0.00473. The van der Waals surface area contributed by atoms with Crippen LogP contribution in [-0.4, -0.2) is 72.1 Å². The third kappa shape index (κ3) is 3.74. The van der Waals surface area contributed by atoms with Crippen molar-refractivity contribution < 1.29 is 14.7 Å². The van der Waals surface area contributed by atoms with Gasteiger partial charge in [0.2, 0.25) is 5.91 Å². The molecule has 2 saturated heterocycles. The minimum Gasteiger partial charge on any atom is -0.480 e. The van der Waals surface area contributed by atoms with Gasteiger partial charge < -0.3 is 15.3 Å². The topological polar surface area (TPSA) is 72.9 Å². The summed E-state index contributed by atoms with van der Waals surface area (Å²) in [6, 6.07) is -0.00211. The molecule has 21 heavy (non-hydrogen) atoms. The van der Waals surface area contributed by atoms with Gasteiger partial charge in [-0.05, 0) is 39.3 Å². The van der Waals surface area contributed by atoms with Crippen LogP contribution >= 0.6 is 0 Å². The second kappa shape index (κ2) is 7.22. The summed E-state index contributed by atoms with van der Waals surface area (Å²) < 4.78 is 0. The molecule has 0 aromatic rings. The zero-order chi connectivity index (χ0) is 15.4. The van der Waals surface area contributed by atoms with E-state index in [1.807, 2.05) is 18.9 Å². The molecule has 2 rings (SSSR count). The number of hydrogen-bond acceptors (Lipinski definition) is 4. The molecule has 2 aliphatic heterocycles. The number of carboxylic acid groups (broad SMARTS) is 1. The predicted molar refractivity (Wildman–Crippen MR) is 80.1 cm³/mol. The van der Waals surface area contributed by atoms with Crippen molar-refractivity contribution in [1.82, 2.24) is 15.1 Å². The Morgan fingerprint density at radius 2 is 1.90 bits per heavy atom.